The monoisotopic (exact) mass is 417 g/mol. The fourth-order valence-corrected chi connectivity index (χ4v) is 2.31. The predicted molar refractivity (Wildman–Crippen MR) is 101 cm³/mol. The Bertz CT molecular complexity index is 913. The third-order valence-corrected chi connectivity index (χ3v) is 3.53. The lowest BCUT2D eigenvalue weighted by Crippen LogP contribution is -2.17. The Kier molecular flexibility index (Phi) is 8.30. The van der Waals surface area contributed by atoms with Crippen LogP contribution in [0.5, 0.6) is 5.75 Å². The number of carbonyl (C=O) groups is 3. The van der Waals surface area contributed by atoms with Crippen molar-refractivity contribution in [2.24, 2.45) is 5.34 Å². The number of benzene rings is 2. The number of hydrogen-bond donors (Lipinski definition) is 0. The molecule has 0 aliphatic carbocycles. The van der Waals surface area contributed by atoms with Crippen LogP contribution < -0.4 is 4.74 Å². The smallest absolute Gasteiger partial charge is 0.457 e. The van der Waals surface area contributed by atoms with Crippen LogP contribution in [0.4, 0.5) is 4.79 Å². The normalized spacial score (nSPS) is 11.0. The molecule has 1 unspecified atom stereocenters. The van der Waals surface area contributed by atoms with Crippen molar-refractivity contribution >= 4 is 18.1 Å². The van der Waals surface area contributed by atoms with E-state index in [0.717, 1.165) is 0 Å². The summed E-state index contributed by atoms with van der Waals surface area (Å²) in [6.07, 6.45) is -2.21. The van der Waals surface area contributed by atoms with Crippen LogP contribution in [-0.4, -0.2) is 24.4 Å². The highest BCUT2D eigenvalue weighted by molar-refractivity contribution is 5.93. The molecule has 0 spiro atoms. The van der Waals surface area contributed by atoms with Gasteiger partial charge in [-0.05, 0) is 29.3 Å². The zero-order chi connectivity index (χ0) is 21.9. The van der Waals surface area contributed by atoms with Crippen LogP contribution in [-0.2, 0) is 37.1 Å². The van der Waals surface area contributed by atoms with Crippen LogP contribution in [0.2, 0.25) is 0 Å². The Morgan fingerprint density at radius 2 is 1.63 bits per heavy atom. The molecule has 2 aromatic carbocycles. The van der Waals surface area contributed by atoms with Gasteiger partial charge in [-0.25, -0.2) is 9.59 Å². The molecule has 0 aliphatic rings. The summed E-state index contributed by atoms with van der Waals surface area (Å²) in [5.74, 6) is -1.10. The lowest BCUT2D eigenvalue weighted by atomic mass is 10.1. The van der Waals surface area contributed by atoms with Gasteiger partial charge in [0, 0.05) is 13.8 Å². The quantitative estimate of drug-likeness (QED) is 0.197. The topological polar surface area (TPSA) is 127 Å². The van der Waals surface area contributed by atoms with Gasteiger partial charge in [0.1, 0.15) is 24.5 Å². The molecule has 0 bridgehead atoms. The van der Waals surface area contributed by atoms with Crippen LogP contribution in [0.25, 0.3) is 0 Å². The molecule has 1 atom stereocenters. The van der Waals surface area contributed by atoms with E-state index < -0.39 is 24.4 Å². The average Bonchev–Trinajstić information content (AvgIpc) is 2.71. The SMILES string of the molecule is CC(=O)Oc1ccccc1C(=O)OCc1cccc(COC(=O)OC(C)ON=O)c1. The lowest BCUT2D eigenvalue weighted by Gasteiger charge is -2.11. The largest absolute Gasteiger partial charge is 0.511 e. The molecule has 0 saturated carbocycles. The van der Waals surface area contributed by atoms with E-state index in [1.54, 1.807) is 36.4 Å². The molecule has 30 heavy (non-hydrogen) atoms. The predicted octanol–water partition coefficient (Wildman–Crippen LogP) is 3.67. The van der Waals surface area contributed by atoms with Crippen molar-refractivity contribution in [3.8, 4) is 5.75 Å². The highest BCUT2D eigenvalue weighted by Crippen LogP contribution is 2.20. The van der Waals surface area contributed by atoms with Crippen LogP contribution >= 0.6 is 0 Å². The van der Waals surface area contributed by atoms with E-state index in [1.807, 2.05) is 0 Å². The van der Waals surface area contributed by atoms with Gasteiger partial charge in [-0.1, -0.05) is 30.3 Å². The first-order chi connectivity index (χ1) is 14.4. The first-order valence-electron chi connectivity index (χ1n) is 8.73. The van der Waals surface area contributed by atoms with Gasteiger partial charge in [-0.3, -0.25) is 4.79 Å². The van der Waals surface area contributed by atoms with Crippen molar-refractivity contribution in [1.29, 1.82) is 0 Å². The summed E-state index contributed by atoms with van der Waals surface area (Å²) in [6, 6.07) is 13.0. The van der Waals surface area contributed by atoms with Gasteiger partial charge < -0.3 is 23.8 Å². The van der Waals surface area contributed by atoms with Crippen LogP contribution in [0.3, 0.4) is 0 Å². The number of nitrogens with zero attached hydrogens (tertiary/aromatic N) is 1. The summed E-state index contributed by atoms with van der Waals surface area (Å²) >= 11 is 0. The van der Waals surface area contributed by atoms with Gasteiger partial charge >= 0.3 is 18.1 Å². The Hall–Kier alpha value is -3.95. The molecule has 0 radical (unpaired) electrons. The van der Waals surface area contributed by atoms with E-state index in [-0.39, 0.29) is 24.5 Å². The van der Waals surface area contributed by atoms with Crippen LogP contribution in [0.15, 0.2) is 53.9 Å². The standard InChI is InChI=1S/C20H19NO9/c1-13(22)28-18-9-4-3-8-17(18)19(23)26-11-15-6-5-7-16(10-15)12-27-20(24)29-14(2)30-21-25/h3-10,14H,11-12H2,1-2H3. The number of ether oxygens (including phenoxy) is 4. The van der Waals surface area contributed by atoms with Crippen LogP contribution in [0.1, 0.15) is 35.3 Å². The van der Waals surface area contributed by atoms with Crippen molar-refractivity contribution in [2.75, 3.05) is 0 Å². The highest BCUT2D eigenvalue weighted by Gasteiger charge is 2.15. The van der Waals surface area contributed by atoms with Crippen LogP contribution in [0, 0.1) is 4.91 Å². The summed E-state index contributed by atoms with van der Waals surface area (Å²) in [5, 5.41) is 2.15. The summed E-state index contributed by atoms with van der Waals surface area (Å²) in [4.78, 5) is 49.1. The van der Waals surface area contributed by atoms with Crippen molar-refractivity contribution < 1.29 is 38.2 Å². The van der Waals surface area contributed by atoms with Crippen molar-refractivity contribution in [2.45, 2.75) is 33.4 Å². The van der Waals surface area contributed by atoms with Crippen molar-refractivity contribution in [1.82, 2.24) is 0 Å². The van der Waals surface area contributed by atoms with Gasteiger partial charge in [0.15, 0.2) is 5.34 Å². The first kappa shape index (κ1) is 22.3. The Morgan fingerprint density at radius 3 is 2.30 bits per heavy atom. The number of esters is 2. The third kappa shape index (κ3) is 7.23. The molecule has 10 heteroatoms. The molecule has 0 fully saturated rings. The number of carbonyl (C=O) groups excluding carboxylic acids is 3. The fourth-order valence-electron chi connectivity index (χ4n) is 2.31. The van der Waals surface area contributed by atoms with Crippen molar-refractivity contribution in [3.63, 3.8) is 0 Å². The Balaban J connectivity index is 1.91. The second kappa shape index (κ2) is 11.1. The molecule has 0 aliphatic heterocycles. The maximum Gasteiger partial charge on any atom is 0.511 e. The van der Waals surface area contributed by atoms with Gasteiger partial charge in [0.2, 0.25) is 0 Å². The minimum atomic E-state index is -1.17. The molecule has 0 saturated heterocycles. The second-order valence-electron chi connectivity index (χ2n) is 5.89. The number of rotatable bonds is 9. The van der Waals surface area contributed by atoms with Gasteiger partial charge in [-0.2, -0.15) is 0 Å². The molecule has 158 valence electrons. The molecule has 0 amide bonds. The molecular weight excluding hydrogens is 398 g/mol. The third-order valence-electron chi connectivity index (χ3n) is 3.53. The molecule has 2 rings (SSSR count). The minimum absolute atomic E-state index is 0.0542. The fraction of sp³-hybridized carbons (Fsp3) is 0.250. The van der Waals surface area contributed by atoms with Gasteiger partial charge in [0.05, 0.1) is 0 Å². The van der Waals surface area contributed by atoms with E-state index in [4.69, 9.17) is 14.2 Å². The molecular formula is C20H19NO9. The molecule has 0 heterocycles. The van der Waals surface area contributed by atoms with Gasteiger partial charge in [-0.15, -0.1) is 4.91 Å². The molecule has 0 N–H and O–H groups in total. The van der Waals surface area contributed by atoms with E-state index in [2.05, 4.69) is 14.9 Å². The molecule has 10 nitrogen and oxygen atoms in total. The molecule has 0 aromatic heterocycles. The summed E-state index contributed by atoms with van der Waals surface area (Å²) in [5.41, 5.74) is 1.38. The van der Waals surface area contributed by atoms with Gasteiger partial charge in [0.25, 0.3) is 6.29 Å². The Labute approximate surface area is 171 Å². The maximum atomic E-state index is 12.3. The van der Waals surface area contributed by atoms with E-state index in [9.17, 15) is 19.3 Å². The minimum Gasteiger partial charge on any atom is -0.457 e. The first-order valence-corrected chi connectivity index (χ1v) is 8.73. The van der Waals surface area contributed by atoms with E-state index in [0.29, 0.717) is 11.1 Å². The number of para-hydroxylation sites is 1. The maximum absolute atomic E-state index is 12.3. The number of hydrogen-bond acceptors (Lipinski definition) is 10. The second-order valence-corrected chi connectivity index (χ2v) is 5.89. The lowest BCUT2D eigenvalue weighted by molar-refractivity contribution is -0.131. The molecule has 2 aromatic rings. The summed E-state index contributed by atoms with van der Waals surface area (Å²) < 4.78 is 19.8. The highest BCUT2D eigenvalue weighted by atomic mass is 16.8. The van der Waals surface area contributed by atoms with E-state index in [1.165, 1.54) is 26.0 Å². The Morgan fingerprint density at radius 1 is 0.967 bits per heavy atom. The van der Waals surface area contributed by atoms with E-state index >= 15 is 0 Å². The average molecular weight is 417 g/mol. The van der Waals surface area contributed by atoms with Crippen molar-refractivity contribution in [3.05, 3.63) is 70.1 Å². The zero-order valence-corrected chi connectivity index (χ0v) is 16.2. The zero-order valence-electron chi connectivity index (χ0n) is 16.2. The summed E-state index contributed by atoms with van der Waals surface area (Å²) in [6.45, 7) is 2.37. The summed E-state index contributed by atoms with van der Waals surface area (Å²) in [7, 11) is 0.